The van der Waals surface area contributed by atoms with Gasteiger partial charge in [0.25, 0.3) is 0 Å². The lowest BCUT2D eigenvalue weighted by molar-refractivity contribution is -0.136. The zero-order valence-electron chi connectivity index (χ0n) is 13.3. The fourth-order valence-corrected chi connectivity index (χ4v) is 5.35. The van der Waals surface area contributed by atoms with Crippen molar-refractivity contribution in [3.63, 3.8) is 0 Å². The standard InChI is InChI=1S/C17H18O6S2/c18-17(19)16(25(22,23)15-10-5-2-6-11-15)12-7-13-24(20,21)14-8-3-1-4-9-14/h1-6,8-11,16H,7,12-13H2,(H,18,19). The number of benzene rings is 2. The third-order valence-electron chi connectivity index (χ3n) is 3.70. The summed E-state index contributed by atoms with van der Waals surface area (Å²) in [4.78, 5) is 11.5. The number of sulfone groups is 2. The highest BCUT2D eigenvalue weighted by atomic mass is 32.2. The zero-order valence-corrected chi connectivity index (χ0v) is 14.9. The van der Waals surface area contributed by atoms with Gasteiger partial charge in [0.2, 0.25) is 0 Å². The molecule has 1 N–H and O–H groups in total. The number of hydrogen-bond donors (Lipinski definition) is 1. The maximum absolute atomic E-state index is 12.5. The van der Waals surface area contributed by atoms with Gasteiger partial charge in [-0.15, -0.1) is 0 Å². The van der Waals surface area contributed by atoms with Crippen LogP contribution in [0.2, 0.25) is 0 Å². The molecule has 0 fully saturated rings. The first-order valence-electron chi connectivity index (χ1n) is 7.55. The summed E-state index contributed by atoms with van der Waals surface area (Å²) >= 11 is 0. The minimum Gasteiger partial charge on any atom is -0.480 e. The van der Waals surface area contributed by atoms with Crippen LogP contribution in [0.3, 0.4) is 0 Å². The van der Waals surface area contributed by atoms with Crippen molar-refractivity contribution in [2.45, 2.75) is 27.9 Å². The highest BCUT2D eigenvalue weighted by Crippen LogP contribution is 2.21. The molecular formula is C17H18O6S2. The Morgan fingerprint density at radius 2 is 1.32 bits per heavy atom. The van der Waals surface area contributed by atoms with Gasteiger partial charge in [-0.2, -0.15) is 0 Å². The van der Waals surface area contributed by atoms with E-state index in [0.29, 0.717) is 0 Å². The number of carbonyl (C=O) groups is 1. The van der Waals surface area contributed by atoms with Crippen LogP contribution in [-0.4, -0.2) is 38.9 Å². The lowest BCUT2D eigenvalue weighted by Crippen LogP contribution is -2.30. The van der Waals surface area contributed by atoms with Crippen molar-refractivity contribution in [1.82, 2.24) is 0 Å². The molecular weight excluding hydrogens is 364 g/mol. The van der Waals surface area contributed by atoms with Crippen LogP contribution in [0.25, 0.3) is 0 Å². The van der Waals surface area contributed by atoms with Gasteiger partial charge in [0.1, 0.15) is 0 Å². The molecule has 0 aliphatic rings. The molecule has 134 valence electrons. The Labute approximate surface area is 147 Å². The van der Waals surface area contributed by atoms with E-state index in [-0.39, 0.29) is 28.4 Å². The highest BCUT2D eigenvalue weighted by molar-refractivity contribution is 7.93. The Kier molecular flexibility index (Phi) is 5.97. The van der Waals surface area contributed by atoms with Crippen molar-refractivity contribution in [3.05, 3.63) is 60.7 Å². The SMILES string of the molecule is O=C(O)C(CCCS(=O)(=O)c1ccccc1)S(=O)(=O)c1ccccc1. The van der Waals surface area contributed by atoms with E-state index in [1.807, 2.05) is 0 Å². The van der Waals surface area contributed by atoms with Gasteiger partial charge >= 0.3 is 5.97 Å². The molecule has 0 amide bonds. The Morgan fingerprint density at radius 3 is 1.80 bits per heavy atom. The second-order valence-electron chi connectivity index (χ2n) is 5.46. The molecule has 2 aromatic rings. The van der Waals surface area contributed by atoms with Crippen molar-refractivity contribution in [1.29, 1.82) is 0 Å². The summed E-state index contributed by atoms with van der Waals surface area (Å²) in [6.07, 6.45) is -0.348. The van der Waals surface area contributed by atoms with E-state index in [9.17, 15) is 26.7 Å². The van der Waals surface area contributed by atoms with Gasteiger partial charge in [0, 0.05) is 0 Å². The van der Waals surface area contributed by atoms with Crippen LogP contribution in [0.4, 0.5) is 0 Å². The summed E-state index contributed by atoms with van der Waals surface area (Å²) in [6.45, 7) is 0. The van der Waals surface area contributed by atoms with Gasteiger partial charge in [-0.3, -0.25) is 4.79 Å². The maximum atomic E-state index is 12.5. The maximum Gasteiger partial charge on any atom is 0.322 e. The van der Waals surface area contributed by atoms with Crippen LogP contribution in [0.1, 0.15) is 12.8 Å². The Hall–Kier alpha value is -2.19. The molecule has 0 aliphatic heterocycles. The predicted molar refractivity (Wildman–Crippen MR) is 92.8 cm³/mol. The Morgan fingerprint density at radius 1 is 0.840 bits per heavy atom. The zero-order chi connectivity index (χ0) is 18.5. The lowest BCUT2D eigenvalue weighted by Gasteiger charge is -2.13. The molecule has 8 heteroatoms. The van der Waals surface area contributed by atoms with E-state index in [2.05, 4.69) is 0 Å². The average molecular weight is 382 g/mol. The first kappa shape index (κ1) is 19.1. The molecule has 0 heterocycles. The fraction of sp³-hybridized carbons (Fsp3) is 0.235. The molecule has 2 rings (SSSR count). The van der Waals surface area contributed by atoms with E-state index >= 15 is 0 Å². The summed E-state index contributed by atoms with van der Waals surface area (Å²) in [6, 6.07) is 15.1. The summed E-state index contributed by atoms with van der Waals surface area (Å²) in [5.41, 5.74) is 0. The van der Waals surface area contributed by atoms with Crippen molar-refractivity contribution in [3.8, 4) is 0 Å². The second-order valence-corrected chi connectivity index (χ2v) is 9.70. The molecule has 0 radical (unpaired) electrons. The topological polar surface area (TPSA) is 106 Å². The third kappa shape index (κ3) is 4.67. The number of rotatable bonds is 8. The van der Waals surface area contributed by atoms with E-state index in [1.54, 1.807) is 24.3 Å². The van der Waals surface area contributed by atoms with Crippen LogP contribution in [0.15, 0.2) is 70.5 Å². The highest BCUT2D eigenvalue weighted by Gasteiger charge is 2.33. The van der Waals surface area contributed by atoms with Crippen molar-refractivity contribution < 1.29 is 26.7 Å². The van der Waals surface area contributed by atoms with Crippen LogP contribution in [-0.2, 0) is 24.5 Å². The molecule has 25 heavy (non-hydrogen) atoms. The lowest BCUT2D eigenvalue weighted by atomic mass is 10.2. The quantitative estimate of drug-likeness (QED) is 0.750. The van der Waals surface area contributed by atoms with Gasteiger partial charge in [0.15, 0.2) is 24.9 Å². The van der Waals surface area contributed by atoms with Gasteiger partial charge < -0.3 is 5.11 Å². The fourth-order valence-electron chi connectivity index (χ4n) is 2.39. The number of carboxylic acids is 1. The van der Waals surface area contributed by atoms with Crippen molar-refractivity contribution in [2.24, 2.45) is 0 Å². The monoisotopic (exact) mass is 382 g/mol. The minimum atomic E-state index is -4.08. The predicted octanol–water partition coefficient (Wildman–Crippen LogP) is 2.17. The van der Waals surface area contributed by atoms with E-state index in [1.165, 1.54) is 36.4 Å². The van der Waals surface area contributed by atoms with Crippen molar-refractivity contribution in [2.75, 3.05) is 5.75 Å². The van der Waals surface area contributed by atoms with Crippen LogP contribution in [0.5, 0.6) is 0 Å². The summed E-state index contributed by atoms with van der Waals surface area (Å²) in [5, 5.41) is 7.61. The van der Waals surface area contributed by atoms with Crippen molar-refractivity contribution >= 4 is 25.6 Å². The molecule has 1 atom stereocenters. The van der Waals surface area contributed by atoms with Gasteiger partial charge in [-0.1, -0.05) is 36.4 Å². The van der Waals surface area contributed by atoms with Crippen LogP contribution in [0, 0.1) is 0 Å². The minimum absolute atomic E-state index is 0.0692. The summed E-state index contributed by atoms with van der Waals surface area (Å²) in [5.74, 6) is -1.80. The van der Waals surface area contributed by atoms with Crippen LogP contribution < -0.4 is 0 Å². The van der Waals surface area contributed by atoms with E-state index in [0.717, 1.165) is 0 Å². The smallest absolute Gasteiger partial charge is 0.322 e. The number of carboxylic acid groups (broad SMARTS) is 1. The number of hydrogen-bond acceptors (Lipinski definition) is 5. The number of aliphatic carboxylic acids is 1. The molecule has 0 aliphatic carbocycles. The summed E-state index contributed by atoms with van der Waals surface area (Å²) < 4.78 is 49.4. The first-order valence-corrected chi connectivity index (χ1v) is 10.7. The van der Waals surface area contributed by atoms with Gasteiger partial charge in [-0.05, 0) is 37.1 Å². The van der Waals surface area contributed by atoms with E-state index < -0.39 is 30.9 Å². The summed E-state index contributed by atoms with van der Waals surface area (Å²) in [7, 11) is -7.66. The molecule has 0 bridgehead atoms. The molecule has 2 aromatic carbocycles. The third-order valence-corrected chi connectivity index (χ3v) is 7.64. The molecule has 0 saturated carbocycles. The molecule has 0 saturated heterocycles. The largest absolute Gasteiger partial charge is 0.480 e. The molecule has 6 nitrogen and oxygen atoms in total. The van der Waals surface area contributed by atoms with Gasteiger partial charge in [-0.25, -0.2) is 16.8 Å². The molecule has 0 spiro atoms. The van der Waals surface area contributed by atoms with Gasteiger partial charge in [0.05, 0.1) is 15.5 Å². The van der Waals surface area contributed by atoms with Crippen LogP contribution >= 0.6 is 0 Å². The molecule has 0 aromatic heterocycles. The first-order chi connectivity index (χ1) is 11.7. The Bertz CT molecular complexity index is 920. The molecule has 1 unspecified atom stereocenters. The second kappa shape index (κ2) is 7.79. The van der Waals surface area contributed by atoms with E-state index in [4.69, 9.17) is 0 Å². The average Bonchev–Trinajstić information content (AvgIpc) is 2.59. The normalized spacial score (nSPS) is 13.3. The Balaban J connectivity index is 2.12.